The SMILES string of the molecule is CCCCCC(C)CCC(C)CCCC.O.O.O. The molecule has 0 aromatic heterocycles. The Hall–Kier alpha value is -0.120. The van der Waals surface area contributed by atoms with Crippen LogP contribution >= 0.6 is 0 Å². The van der Waals surface area contributed by atoms with Gasteiger partial charge in [-0.05, 0) is 11.8 Å². The van der Waals surface area contributed by atoms with E-state index in [1.165, 1.54) is 57.8 Å². The number of unbranched alkanes of at least 4 members (excludes halogenated alkanes) is 3. The second kappa shape index (κ2) is 19.2. The van der Waals surface area contributed by atoms with E-state index in [2.05, 4.69) is 27.7 Å². The first-order chi connectivity index (χ1) is 7.20. The van der Waals surface area contributed by atoms with Gasteiger partial charge in [0.15, 0.2) is 0 Å². The molecule has 2 atom stereocenters. The van der Waals surface area contributed by atoms with E-state index in [9.17, 15) is 0 Å². The molecular weight excluding hydrogens is 228 g/mol. The fourth-order valence-electron chi connectivity index (χ4n) is 2.15. The fraction of sp³-hybridized carbons (Fsp3) is 1.00. The van der Waals surface area contributed by atoms with Gasteiger partial charge in [-0.15, -0.1) is 0 Å². The Morgan fingerprint density at radius 1 is 0.556 bits per heavy atom. The first kappa shape index (κ1) is 26.4. The van der Waals surface area contributed by atoms with Gasteiger partial charge < -0.3 is 16.4 Å². The summed E-state index contributed by atoms with van der Waals surface area (Å²) in [5, 5.41) is 0. The molecule has 116 valence electrons. The summed E-state index contributed by atoms with van der Waals surface area (Å²) in [6, 6.07) is 0. The minimum atomic E-state index is 0. The summed E-state index contributed by atoms with van der Waals surface area (Å²) in [6.07, 6.45) is 12.8. The van der Waals surface area contributed by atoms with Crippen LogP contribution < -0.4 is 0 Å². The zero-order valence-electron chi connectivity index (χ0n) is 13.0. The van der Waals surface area contributed by atoms with Crippen LogP contribution in [0.15, 0.2) is 0 Å². The highest BCUT2D eigenvalue weighted by molar-refractivity contribution is 4.59. The standard InChI is InChI=1S/C15H32.3H2O/c1-5-7-9-11-15(4)13-12-14(3)10-8-6-2;;;/h14-15H,5-13H2,1-4H3;3*1H2. The van der Waals surface area contributed by atoms with E-state index in [-0.39, 0.29) is 16.4 Å². The predicted octanol–water partition coefficient (Wildman–Crippen LogP) is 3.34. The molecule has 0 aromatic rings. The molecule has 0 heterocycles. The van der Waals surface area contributed by atoms with E-state index >= 15 is 0 Å². The molecule has 18 heavy (non-hydrogen) atoms. The quantitative estimate of drug-likeness (QED) is 0.542. The van der Waals surface area contributed by atoms with Crippen LogP contribution in [-0.2, 0) is 0 Å². The van der Waals surface area contributed by atoms with Crippen molar-refractivity contribution in [1.82, 2.24) is 0 Å². The Kier molecular flexibility index (Phi) is 28.2. The summed E-state index contributed by atoms with van der Waals surface area (Å²) in [4.78, 5) is 0. The molecule has 0 aromatic carbocycles. The van der Waals surface area contributed by atoms with Crippen molar-refractivity contribution in [3.8, 4) is 0 Å². The van der Waals surface area contributed by atoms with Crippen LogP contribution in [0.4, 0.5) is 0 Å². The zero-order valence-corrected chi connectivity index (χ0v) is 13.0. The molecule has 0 radical (unpaired) electrons. The highest BCUT2D eigenvalue weighted by Gasteiger charge is 2.06. The molecule has 6 N–H and O–H groups in total. The first-order valence-corrected chi connectivity index (χ1v) is 7.20. The molecule has 3 nitrogen and oxygen atoms in total. The molecule has 2 unspecified atom stereocenters. The van der Waals surface area contributed by atoms with E-state index in [0.717, 1.165) is 11.8 Å². The molecule has 3 heteroatoms. The average Bonchev–Trinajstić information content (AvgIpc) is 2.24. The monoisotopic (exact) mass is 266 g/mol. The molecule has 0 saturated heterocycles. The maximum atomic E-state index is 2.43. The van der Waals surface area contributed by atoms with Crippen molar-refractivity contribution in [3.05, 3.63) is 0 Å². The third-order valence-electron chi connectivity index (χ3n) is 3.50. The summed E-state index contributed by atoms with van der Waals surface area (Å²) in [5.41, 5.74) is 0. The maximum absolute atomic E-state index is 2.43. The molecular formula is C15H38O3. The highest BCUT2D eigenvalue weighted by atomic mass is 16.0. The largest absolute Gasteiger partial charge is 0.412 e. The van der Waals surface area contributed by atoms with Gasteiger partial charge in [0.1, 0.15) is 0 Å². The molecule has 0 aliphatic heterocycles. The van der Waals surface area contributed by atoms with Gasteiger partial charge in [-0.3, -0.25) is 0 Å². The van der Waals surface area contributed by atoms with E-state index in [0.29, 0.717) is 0 Å². The average molecular weight is 266 g/mol. The molecule has 0 aliphatic carbocycles. The van der Waals surface area contributed by atoms with E-state index in [1.54, 1.807) is 0 Å². The van der Waals surface area contributed by atoms with Crippen molar-refractivity contribution in [1.29, 1.82) is 0 Å². The topological polar surface area (TPSA) is 94.5 Å². The lowest BCUT2D eigenvalue weighted by molar-refractivity contribution is 0.382. The number of rotatable bonds is 10. The normalized spacial score (nSPS) is 12.7. The Morgan fingerprint density at radius 2 is 0.944 bits per heavy atom. The van der Waals surface area contributed by atoms with Gasteiger partial charge in [0.05, 0.1) is 0 Å². The molecule has 0 aliphatic rings. The lowest BCUT2D eigenvalue weighted by atomic mass is 9.91. The summed E-state index contributed by atoms with van der Waals surface area (Å²) in [6.45, 7) is 9.44. The van der Waals surface area contributed by atoms with Crippen molar-refractivity contribution in [2.75, 3.05) is 0 Å². The Balaban J connectivity index is -0.000000327. The Bertz CT molecular complexity index is 129. The van der Waals surface area contributed by atoms with Crippen LogP contribution in [0.25, 0.3) is 0 Å². The first-order valence-electron chi connectivity index (χ1n) is 7.20. The lowest BCUT2D eigenvalue weighted by Crippen LogP contribution is -2.00. The molecule has 0 spiro atoms. The summed E-state index contributed by atoms with van der Waals surface area (Å²) >= 11 is 0. The second-order valence-electron chi connectivity index (χ2n) is 5.43. The molecule has 0 fully saturated rings. The van der Waals surface area contributed by atoms with Gasteiger partial charge in [-0.2, -0.15) is 0 Å². The van der Waals surface area contributed by atoms with Gasteiger partial charge in [0.2, 0.25) is 0 Å². The minimum Gasteiger partial charge on any atom is -0.412 e. The van der Waals surface area contributed by atoms with Crippen LogP contribution in [0.2, 0.25) is 0 Å². The van der Waals surface area contributed by atoms with Crippen LogP contribution in [0.5, 0.6) is 0 Å². The van der Waals surface area contributed by atoms with Gasteiger partial charge in [-0.1, -0.05) is 85.5 Å². The second-order valence-corrected chi connectivity index (χ2v) is 5.43. The lowest BCUT2D eigenvalue weighted by Gasteiger charge is -2.15. The minimum absolute atomic E-state index is 0. The van der Waals surface area contributed by atoms with E-state index in [1.807, 2.05) is 0 Å². The van der Waals surface area contributed by atoms with Crippen LogP contribution in [0, 0.1) is 11.8 Å². The maximum Gasteiger partial charge on any atom is -0.0443 e. The van der Waals surface area contributed by atoms with Crippen molar-refractivity contribution >= 4 is 0 Å². The summed E-state index contributed by atoms with van der Waals surface area (Å²) < 4.78 is 0. The molecule has 0 bridgehead atoms. The van der Waals surface area contributed by atoms with Crippen molar-refractivity contribution in [2.45, 2.75) is 85.5 Å². The summed E-state index contributed by atoms with van der Waals surface area (Å²) in [7, 11) is 0. The summed E-state index contributed by atoms with van der Waals surface area (Å²) in [5.74, 6) is 1.92. The van der Waals surface area contributed by atoms with Gasteiger partial charge in [0.25, 0.3) is 0 Å². The van der Waals surface area contributed by atoms with Gasteiger partial charge in [-0.25, -0.2) is 0 Å². The van der Waals surface area contributed by atoms with E-state index in [4.69, 9.17) is 0 Å². The Labute approximate surface area is 114 Å². The highest BCUT2D eigenvalue weighted by Crippen LogP contribution is 2.20. The van der Waals surface area contributed by atoms with Crippen LogP contribution in [0.1, 0.15) is 85.5 Å². The zero-order chi connectivity index (χ0) is 11.5. The van der Waals surface area contributed by atoms with Crippen molar-refractivity contribution in [3.63, 3.8) is 0 Å². The smallest absolute Gasteiger partial charge is 0.0443 e. The van der Waals surface area contributed by atoms with Gasteiger partial charge >= 0.3 is 0 Å². The van der Waals surface area contributed by atoms with Crippen LogP contribution in [-0.4, -0.2) is 16.4 Å². The number of hydrogen-bond donors (Lipinski definition) is 0. The van der Waals surface area contributed by atoms with Crippen molar-refractivity contribution < 1.29 is 16.4 Å². The number of hydrogen-bond acceptors (Lipinski definition) is 0. The molecule has 0 amide bonds. The van der Waals surface area contributed by atoms with Crippen LogP contribution in [0.3, 0.4) is 0 Å². The molecule has 0 rings (SSSR count). The molecule has 0 saturated carbocycles. The predicted molar refractivity (Wildman–Crippen MR) is 82.1 cm³/mol. The van der Waals surface area contributed by atoms with Crippen molar-refractivity contribution in [2.24, 2.45) is 11.8 Å². The third kappa shape index (κ3) is 18.3. The third-order valence-corrected chi connectivity index (χ3v) is 3.50. The van der Waals surface area contributed by atoms with Gasteiger partial charge in [0, 0.05) is 0 Å². The van der Waals surface area contributed by atoms with E-state index < -0.39 is 0 Å². The Morgan fingerprint density at radius 3 is 1.33 bits per heavy atom. The fourth-order valence-corrected chi connectivity index (χ4v) is 2.15.